The summed E-state index contributed by atoms with van der Waals surface area (Å²) in [6.45, 7) is 5.50. The molecule has 0 spiro atoms. The first-order valence-electron chi connectivity index (χ1n) is 13.9. The number of carbonyl (C=O) groups excluding carboxylic acids is 1. The number of nitrogens with zero attached hydrogens (tertiary/aromatic N) is 6. The molecule has 0 aliphatic carbocycles. The summed E-state index contributed by atoms with van der Waals surface area (Å²) in [5, 5.41) is 7.92. The van der Waals surface area contributed by atoms with Crippen LogP contribution >= 0.6 is 0 Å². The van der Waals surface area contributed by atoms with E-state index < -0.39 is 29.9 Å². The van der Waals surface area contributed by atoms with Crippen molar-refractivity contribution in [2.45, 2.75) is 69.9 Å². The maximum absolute atomic E-state index is 15.9. The number of hydrogen-bond donors (Lipinski definition) is 0. The highest BCUT2D eigenvalue weighted by Gasteiger charge is 2.52. The van der Waals surface area contributed by atoms with Crippen LogP contribution in [0.15, 0.2) is 42.9 Å². The normalized spacial score (nSPS) is 21.6. The first-order chi connectivity index (χ1) is 20.1. The molecule has 11 nitrogen and oxygen atoms in total. The summed E-state index contributed by atoms with van der Waals surface area (Å²) in [6, 6.07) is 6.44. The van der Waals surface area contributed by atoms with Gasteiger partial charge in [0, 0.05) is 37.4 Å². The third kappa shape index (κ3) is 6.08. The molecule has 2 aromatic heterocycles. The third-order valence-electron chi connectivity index (χ3n) is 7.66. The largest absolute Gasteiger partial charge is 0.480 e. The van der Waals surface area contributed by atoms with Crippen LogP contribution < -0.4 is 14.4 Å². The molecule has 4 heterocycles. The van der Waals surface area contributed by atoms with Crippen LogP contribution in [0.3, 0.4) is 0 Å². The van der Waals surface area contributed by atoms with E-state index in [0.717, 1.165) is 23.1 Å². The molecule has 5 rings (SSSR count). The van der Waals surface area contributed by atoms with Gasteiger partial charge in [0.1, 0.15) is 23.3 Å². The molecule has 42 heavy (non-hydrogen) atoms. The van der Waals surface area contributed by atoms with Crippen LogP contribution in [-0.4, -0.2) is 89.1 Å². The Morgan fingerprint density at radius 3 is 2.60 bits per heavy atom. The van der Waals surface area contributed by atoms with Gasteiger partial charge in [0.05, 0.1) is 43.5 Å². The number of alkyl halides is 1. The minimum absolute atomic E-state index is 0.0465. The van der Waals surface area contributed by atoms with E-state index in [0.29, 0.717) is 36.0 Å². The lowest BCUT2D eigenvalue weighted by Crippen LogP contribution is -2.59. The zero-order chi connectivity index (χ0) is 30.0. The number of amides is 1. The van der Waals surface area contributed by atoms with Crippen molar-refractivity contribution >= 4 is 11.9 Å². The quantitative estimate of drug-likeness (QED) is 0.341. The smallest absolute Gasteiger partial charge is 0.410 e. The summed E-state index contributed by atoms with van der Waals surface area (Å²) in [5.74, 6) is 1.50. The Labute approximate surface area is 245 Å². The van der Waals surface area contributed by atoms with E-state index in [1.54, 1.807) is 36.7 Å². The van der Waals surface area contributed by atoms with E-state index in [1.165, 1.54) is 7.11 Å². The lowest BCUT2D eigenvalue weighted by atomic mass is 9.94. The van der Waals surface area contributed by atoms with Crippen molar-refractivity contribution in [3.05, 3.63) is 42.9 Å². The Bertz CT molecular complexity index is 1400. The Kier molecular flexibility index (Phi) is 8.44. The van der Waals surface area contributed by atoms with Gasteiger partial charge >= 0.3 is 6.09 Å². The highest BCUT2D eigenvalue weighted by atomic mass is 19.1. The Morgan fingerprint density at radius 2 is 1.90 bits per heavy atom. The van der Waals surface area contributed by atoms with Gasteiger partial charge in [0.25, 0.3) is 0 Å². The molecular formula is C30H37FN6O5. The lowest BCUT2D eigenvalue weighted by Gasteiger charge is -2.44. The number of benzene rings is 1. The van der Waals surface area contributed by atoms with Gasteiger partial charge in [-0.25, -0.2) is 14.2 Å². The molecule has 0 saturated carbocycles. The van der Waals surface area contributed by atoms with Crippen LogP contribution in [-0.2, 0) is 9.47 Å². The predicted octanol–water partition coefficient (Wildman–Crippen LogP) is 4.91. The second-order valence-electron chi connectivity index (χ2n) is 11.6. The fraction of sp³-hybridized carbons (Fsp3) is 0.500. The maximum Gasteiger partial charge on any atom is 0.410 e. The molecule has 2 aliphatic rings. The van der Waals surface area contributed by atoms with Crippen molar-refractivity contribution in [2.24, 2.45) is 0 Å². The number of hydrogen-bond acceptors (Lipinski definition) is 10. The molecule has 0 radical (unpaired) electrons. The average molecular weight is 581 g/mol. The summed E-state index contributed by atoms with van der Waals surface area (Å²) in [6.07, 6.45) is 5.09. The minimum atomic E-state index is -1.24. The fourth-order valence-corrected chi connectivity index (χ4v) is 5.66. The van der Waals surface area contributed by atoms with Crippen LogP contribution in [0, 0.1) is 0 Å². The number of methoxy groups -OCH3 is 2. The van der Waals surface area contributed by atoms with Crippen LogP contribution in [0.2, 0.25) is 0 Å². The SMILES string of the molecule is COCOc1cc(-c2cnnc(OC)c2)ccc1-c1cnc(N(C)[C@@H]2C[C@H]3CC[C@@H]([C@@H]2F)N3C(=O)OC(C)(C)C)cn1. The molecule has 3 aromatic rings. The highest BCUT2D eigenvalue weighted by molar-refractivity contribution is 5.74. The molecular weight excluding hydrogens is 543 g/mol. The molecule has 2 bridgehead atoms. The van der Waals surface area contributed by atoms with Gasteiger partial charge in [-0.15, -0.1) is 5.10 Å². The van der Waals surface area contributed by atoms with Crippen LogP contribution in [0.4, 0.5) is 15.0 Å². The molecule has 0 N–H and O–H groups in total. The first kappa shape index (κ1) is 29.4. The molecule has 2 fully saturated rings. The summed E-state index contributed by atoms with van der Waals surface area (Å²) < 4.78 is 37.7. The van der Waals surface area contributed by atoms with Gasteiger partial charge in [0.15, 0.2) is 6.79 Å². The van der Waals surface area contributed by atoms with E-state index in [-0.39, 0.29) is 12.8 Å². The average Bonchev–Trinajstić information content (AvgIpc) is 3.33. The number of rotatable bonds is 8. The van der Waals surface area contributed by atoms with Gasteiger partial charge in [-0.2, -0.15) is 5.10 Å². The summed E-state index contributed by atoms with van der Waals surface area (Å²) in [5.41, 5.74) is 2.34. The summed E-state index contributed by atoms with van der Waals surface area (Å²) in [7, 11) is 4.91. The number of aromatic nitrogens is 4. The van der Waals surface area contributed by atoms with Crippen LogP contribution in [0.1, 0.15) is 40.0 Å². The van der Waals surface area contributed by atoms with Crippen molar-refractivity contribution < 1.29 is 28.1 Å². The maximum atomic E-state index is 15.9. The van der Waals surface area contributed by atoms with Crippen molar-refractivity contribution in [1.29, 1.82) is 0 Å². The zero-order valence-electron chi connectivity index (χ0n) is 24.8. The van der Waals surface area contributed by atoms with Gasteiger partial charge in [-0.1, -0.05) is 6.07 Å². The van der Waals surface area contributed by atoms with Crippen molar-refractivity contribution in [3.8, 4) is 34.0 Å². The first-order valence-corrected chi connectivity index (χ1v) is 13.9. The van der Waals surface area contributed by atoms with Gasteiger partial charge < -0.3 is 23.8 Å². The topological polar surface area (TPSA) is 112 Å². The van der Waals surface area contributed by atoms with Crippen LogP contribution in [0.5, 0.6) is 11.6 Å². The molecule has 2 saturated heterocycles. The Balaban J connectivity index is 1.35. The predicted molar refractivity (Wildman–Crippen MR) is 154 cm³/mol. The molecule has 12 heteroatoms. The van der Waals surface area contributed by atoms with E-state index in [2.05, 4.69) is 20.2 Å². The number of halogens is 1. The molecule has 1 aromatic carbocycles. The van der Waals surface area contributed by atoms with E-state index in [9.17, 15) is 4.79 Å². The molecule has 224 valence electrons. The summed E-state index contributed by atoms with van der Waals surface area (Å²) in [4.78, 5) is 25.6. The zero-order valence-corrected chi connectivity index (χ0v) is 24.8. The highest BCUT2D eigenvalue weighted by Crippen LogP contribution is 2.41. The molecule has 2 aliphatic heterocycles. The number of carbonyl (C=O) groups is 1. The number of piperidine rings is 1. The standard InChI is InChI=1S/C30H37FN6O5/c1-30(2,3)42-29(38)37-20-8-10-23(37)28(31)24(13-20)36(4)26-16-32-22(15-33-26)21-9-7-18(11-25(21)41-17-39-5)19-12-27(40-6)35-34-14-19/h7,9,11-12,14-16,20,23-24,28H,8,10,13,17H2,1-6H3/t20-,23+,24-,28+/m1/s1. The van der Waals surface area contributed by atoms with Crippen molar-refractivity contribution in [1.82, 2.24) is 25.1 Å². The molecule has 4 atom stereocenters. The summed E-state index contributed by atoms with van der Waals surface area (Å²) >= 11 is 0. The van der Waals surface area contributed by atoms with Crippen molar-refractivity contribution in [3.63, 3.8) is 0 Å². The monoisotopic (exact) mass is 580 g/mol. The Morgan fingerprint density at radius 1 is 1.10 bits per heavy atom. The Hall–Kier alpha value is -4.06. The van der Waals surface area contributed by atoms with Gasteiger partial charge in [0.2, 0.25) is 5.88 Å². The fourth-order valence-electron chi connectivity index (χ4n) is 5.66. The van der Waals surface area contributed by atoms with E-state index in [4.69, 9.17) is 18.9 Å². The van der Waals surface area contributed by atoms with Gasteiger partial charge in [-0.05, 0) is 57.7 Å². The molecule has 0 unspecified atom stereocenters. The second-order valence-corrected chi connectivity index (χ2v) is 11.6. The van der Waals surface area contributed by atoms with Crippen LogP contribution in [0.25, 0.3) is 22.4 Å². The van der Waals surface area contributed by atoms with E-state index >= 15 is 4.39 Å². The third-order valence-corrected chi connectivity index (χ3v) is 7.66. The minimum Gasteiger partial charge on any atom is -0.480 e. The number of fused-ring (bicyclic) bond motifs is 2. The van der Waals surface area contributed by atoms with Crippen molar-refractivity contribution in [2.75, 3.05) is 33.0 Å². The van der Waals surface area contributed by atoms with E-state index in [1.807, 2.05) is 50.9 Å². The molecule has 1 amide bonds. The number of anilines is 1. The van der Waals surface area contributed by atoms with Gasteiger partial charge in [-0.3, -0.25) is 9.88 Å². The lowest BCUT2D eigenvalue weighted by molar-refractivity contribution is -0.0104. The second kappa shape index (κ2) is 12.0. The number of ether oxygens (including phenoxy) is 4.